The number of anilines is 2. The predicted octanol–water partition coefficient (Wildman–Crippen LogP) is 2.20. The Morgan fingerprint density at radius 3 is 2.00 bits per heavy atom. The molecular weight excluding hydrogens is 496 g/mol. The number of nitro benzene ring substituents is 2. The standard InChI is InChI=1S/C21H18N6O8S/c22-36(34,35)17-8-5-14(6-9-17)23-12-24-20(28)13-1-3-15(4-2-13)25-21(29)18-10-7-16(26(30)31)11-19(18)27(32)33/h1-11,23H,12H2,(H,24,28)(H,25,29)(H2,22,34,35). The number of nitrogens with two attached hydrogens (primary N) is 1. The lowest BCUT2D eigenvalue weighted by Gasteiger charge is -2.10. The first kappa shape index (κ1) is 25.7. The quantitative estimate of drug-likeness (QED) is 0.187. The zero-order valence-electron chi connectivity index (χ0n) is 18.2. The van der Waals surface area contributed by atoms with Gasteiger partial charge in [-0.15, -0.1) is 0 Å². The van der Waals surface area contributed by atoms with E-state index >= 15 is 0 Å². The normalized spacial score (nSPS) is 10.8. The third kappa shape index (κ3) is 6.37. The molecule has 36 heavy (non-hydrogen) atoms. The molecule has 0 saturated heterocycles. The zero-order chi connectivity index (χ0) is 26.5. The van der Waals surface area contributed by atoms with Crippen LogP contribution in [0.25, 0.3) is 0 Å². The van der Waals surface area contributed by atoms with Crippen molar-refractivity contribution in [1.29, 1.82) is 0 Å². The Balaban J connectivity index is 1.59. The van der Waals surface area contributed by atoms with Crippen molar-refractivity contribution in [3.05, 3.63) is 98.1 Å². The molecule has 0 heterocycles. The number of nitro groups is 2. The first-order valence-corrected chi connectivity index (χ1v) is 11.5. The number of non-ortho nitro benzene ring substituents is 1. The van der Waals surface area contributed by atoms with E-state index in [-0.39, 0.29) is 28.4 Å². The largest absolute Gasteiger partial charge is 0.368 e. The molecule has 3 rings (SSSR count). The number of hydrogen-bond acceptors (Lipinski definition) is 9. The maximum Gasteiger partial charge on any atom is 0.289 e. The number of rotatable bonds is 9. The van der Waals surface area contributed by atoms with Crippen molar-refractivity contribution < 1.29 is 27.9 Å². The van der Waals surface area contributed by atoms with E-state index in [2.05, 4.69) is 16.0 Å². The third-order valence-corrected chi connectivity index (χ3v) is 5.69. The van der Waals surface area contributed by atoms with Gasteiger partial charge in [0.2, 0.25) is 10.0 Å². The fourth-order valence-electron chi connectivity index (χ4n) is 2.97. The van der Waals surface area contributed by atoms with Gasteiger partial charge in [-0.3, -0.25) is 29.8 Å². The van der Waals surface area contributed by atoms with E-state index in [1.165, 1.54) is 48.5 Å². The van der Waals surface area contributed by atoms with Crippen molar-refractivity contribution in [2.45, 2.75) is 4.90 Å². The second-order valence-corrected chi connectivity index (χ2v) is 8.74. The van der Waals surface area contributed by atoms with Crippen LogP contribution in [0.3, 0.4) is 0 Å². The van der Waals surface area contributed by atoms with E-state index in [9.17, 15) is 38.2 Å². The molecule has 2 amide bonds. The molecule has 15 heteroatoms. The molecule has 186 valence electrons. The van der Waals surface area contributed by atoms with Crippen molar-refractivity contribution in [2.24, 2.45) is 5.14 Å². The lowest BCUT2D eigenvalue weighted by Crippen LogP contribution is -2.28. The SMILES string of the molecule is NS(=O)(=O)c1ccc(NCNC(=O)c2ccc(NC(=O)c3ccc([N+](=O)[O-])cc3[N+](=O)[O-])cc2)cc1. The summed E-state index contributed by atoms with van der Waals surface area (Å²) in [5, 5.41) is 35.0. The van der Waals surface area contributed by atoms with E-state index in [4.69, 9.17) is 5.14 Å². The Hall–Kier alpha value is -4.89. The topological polar surface area (TPSA) is 217 Å². The fourth-order valence-corrected chi connectivity index (χ4v) is 3.49. The maximum absolute atomic E-state index is 12.5. The monoisotopic (exact) mass is 514 g/mol. The maximum atomic E-state index is 12.5. The molecular formula is C21H18N6O8S. The highest BCUT2D eigenvalue weighted by Gasteiger charge is 2.24. The minimum Gasteiger partial charge on any atom is -0.368 e. The molecule has 0 bridgehead atoms. The van der Waals surface area contributed by atoms with E-state index in [0.29, 0.717) is 11.8 Å². The van der Waals surface area contributed by atoms with Crippen LogP contribution in [0.5, 0.6) is 0 Å². The molecule has 3 aromatic rings. The minimum absolute atomic E-state index is 0.0237. The summed E-state index contributed by atoms with van der Waals surface area (Å²) >= 11 is 0. The van der Waals surface area contributed by atoms with Crippen molar-refractivity contribution in [3.63, 3.8) is 0 Å². The summed E-state index contributed by atoms with van der Waals surface area (Å²) in [4.78, 5) is 45.1. The second-order valence-electron chi connectivity index (χ2n) is 7.18. The number of carbonyl (C=O) groups excluding carboxylic acids is 2. The molecule has 0 unspecified atom stereocenters. The predicted molar refractivity (Wildman–Crippen MR) is 128 cm³/mol. The minimum atomic E-state index is -3.81. The summed E-state index contributed by atoms with van der Waals surface area (Å²) in [5.41, 5.74) is -0.581. The zero-order valence-corrected chi connectivity index (χ0v) is 19.0. The Labute approximate surface area is 203 Å². The van der Waals surface area contributed by atoms with Crippen LogP contribution in [0.1, 0.15) is 20.7 Å². The number of hydrogen-bond donors (Lipinski definition) is 4. The average Bonchev–Trinajstić information content (AvgIpc) is 2.83. The van der Waals surface area contributed by atoms with Crippen molar-refractivity contribution >= 4 is 44.6 Å². The number of nitrogens with one attached hydrogen (secondary N) is 3. The molecule has 0 spiro atoms. The van der Waals surface area contributed by atoms with Crippen LogP contribution in [0, 0.1) is 20.2 Å². The summed E-state index contributed by atoms with van der Waals surface area (Å²) in [6.07, 6.45) is 0. The average molecular weight is 514 g/mol. The molecule has 0 fully saturated rings. The van der Waals surface area contributed by atoms with E-state index in [1.807, 2.05) is 0 Å². The van der Waals surface area contributed by atoms with Crippen molar-refractivity contribution in [2.75, 3.05) is 17.3 Å². The lowest BCUT2D eigenvalue weighted by molar-refractivity contribution is -0.394. The first-order valence-electron chi connectivity index (χ1n) is 9.95. The molecule has 0 aliphatic carbocycles. The molecule has 14 nitrogen and oxygen atoms in total. The van der Waals surface area contributed by atoms with Gasteiger partial charge < -0.3 is 16.0 Å². The van der Waals surface area contributed by atoms with E-state index < -0.39 is 43.1 Å². The number of sulfonamides is 1. The fraction of sp³-hybridized carbons (Fsp3) is 0.0476. The van der Waals surface area contributed by atoms with Gasteiger partial charge in [0.1, 0.15) is 5.56 Å². The number of benzene rings is 3. The van der Waals surface area contributed by atoms with Gasteiger partial charge in [0.15, 0.2) is 0 Å². The van der Waals surface area contributed by atoms with Crippen LogP contribution in [-0.4, -0.2) is 36.7 Å². The van der Waals surface area contributed by atoms with Crippen LogP contribution in [0.15, 0.2) is 71.6 Å². The van der Waals surface area contributed by atoms with Gasteiger partial charge >= 0.3 is 0 Å². The van der Waals surface area contributed by atoms with Gasteiger partial charge in [-0.05, 0) is 54.6 Å². The smallest absolute Gasteiger partial charge is 0.289 e. The number of amides is 2. The van der Waals surface area contributed by atoms with Crippen molar-refractivity contribution in [1.82, 2.24) is 5.32 Å². The molecule has 0 radical (unpaired) electrons. The Bertz CT molecular complexity index is 1440. The van der Waals surface area contributed by atoms with Gasteiger partial charge in [0.05, 0.1) is 27.5 Å². The first-order chi connectivity index (χ1) is 17.0. The lowest BCUT2D eigenvalue weighted by atomic mass is 10.1. The van der Waals surface area contributed by atoms with Crippen LogP contribution in [0.2, 0.25) is 0 Å². The molecule has 5 N–H and O–H groups in total. The number of carbonyl (C=O) groups is 2. The Morgan fingerprint density at radius 2 is 1.44 bits per heavy atom. The summed E-state index contributed by atoms with van der Waals surface area (Å²) in [5.74, 6) is -1.31. The molecule has 3 aromatic carbocycles. The van der Waals surface area contributed by atoms with Gasteiger partial charge in [0.25, 0.3) is 23.2 Å². The number of primary sulfonamides is 1. The second kappa shape index (κ2) is 10.6. The van der Waals surface area contributed by atoms with Crippen LogP contribution in [0.4, 0.5) is 22.7 Å². The van der Waals surface area contributed by atoms with E-state index in [1.54, 1.807) is 0 Å². The highest BCUT2D eigenvalue weighted by Crippen LogP contribution is 2.25. The molecule has 0 aromatic heterocycles. The van der Waals surface area contributed by atoms with Crippen molar-refractivity contribution in [3.8, 4) is 0 Å². The van der Waals surface area contributed by atoms with Gasteiger partial charge in [-0.25, -0.2) is 13.6 Å². The highest BCUT2D eigenvalue weighted by molar-refractivity contribution is 7.89. The van der Waals surface area contributed by atoms with Crippen LogP contribution in [-0.2, 0) is 10.0 Å². The van der Waals surface area contributed by atoms with Crippen LogP contribution >= 0.6 is 0 Å². The molecule has 0 atom stereocenters. The summed E-state index contributed by atoms with van der Waals surface area (Å²) in [6.45, 7) is 0.0237. The summed E-state index contributed by atoms with van der Waals surface area (Å²) < 4.78 is 22.5. The summed E-state index contributed by atoms with van der Waals surface area (Å²) in [7, 11) is -3.81. The highest BCUT2D eigenvalue weighted by atomic mass is 32.2. The van der Waals surface area contributed by atoms with Gasteiger partial charge in [0, 0.05) is 23.0 Å². The third-order valence-electron chi connectivity index (χ3n) is 4.76. The van der Waals surface area contributed by atoms with Crippen LogP contribution < -0.4 is 21.1 Å². The number of nitrogens with zero attached hydrogens (tertiary/aromatic N) is 2. The summed E-state index contributed by atoms with van der Waals surface area (Å²) in [6, 6.07) is 13.9. The van der Waals surface area contributed by atoms with E-state index in [0.717, 1.165) is 12.1 Å². The molecule has 0 aliphatic rings. The van der Waals surface area contributed by atoms with Gasteiger partial charge in [-0.1, -0.05) is 0 Å². The van der Waals surface area contributed by atoms with Gasteiger partial charge in [-0.2, -0.15) is 0 Å². The Morgan fingerprint density at radius 1 is 0.833 bits per heavy atom. The Kier molecular flexibility index (Phi) is 7.56. The molecule has 0 aliphatic heterocycles. The molecule has 0 saturated carbocycles.